The van der Waals surface area contributed by atoms with Crippen LogP contribution < -0.4 is 10.1 Å². The molecule has 1 saturated carbocycles. The molecule has 0 aromatic carbocycles. The summed E-state index contributed by atoms with van der Waals surface area (Å²) in [4.78, 5) is 21.5. The molecule has 31 heavy (non-hydrogen) atoms. The van der Waals surface area contributed by atoms with E-state index in [0.29, 0.717) is 24.3 Å². The molecule has 2 unspecified atom stereocenters. The van der Waals surface area contributed by atoms with Gasteiger partial charge in [0.1, 0.15) is 11.4 Å². The minimum Gasteiger partial charge on any atom is -0.495 e. The second-order valence-electron chi connectivity index (χ2n) is 7.94. The smallest absolute Gasteiger partial charge is 0.270 e. The van der Waals surface area contributed by atoms with Crippen molar-refractivity contribution in [2.75, 3.05) is 7.11 Å². The third-order valence-electron chi connectivity index (χ3n) is 5.67. The highest BCUT2D eigenvalue weighted by Crippen LogP contribution is 2.24. The van der Waals surface area contributed by atoms with Gasteiger partial charge in [-0.3, -0.25) is 14.5 Å². The molecule has 1 aliphatic carbocycles. The number of amides is 1. The average Bonchev–Trinajstić information content (AvgIpc) is 3.22. The van der Waals surface area contributed by atoms with E-state index < -0.39 is 6.10 Å². The van der Waals surface area contributed by atoms with Gasteiger partial charge in [-0.05, 0) is 30.5 Å². The highest BCUT2D eigenvalue weighted by molar-refractivity contribution is 5.92. The molecule has 0 bridgehead atoms. The largest absolute Gasteiger partial charge is 0.495 e. The first-order chi connectivity index (χ1) is 15.0. The molecule has 1 fully saturated rings. The summed E-state index contributed by atoms with van der Waals surface area (Å²) in [6.07, 6.45) is 10.6. The van der Waals surface area contributed by atoms with Crippen molar-refractivity contribution in [2.24, 2.45) is 7.05 Å². The molecule has 0 radical (unpaired) electrons. The molecule has 1 aliphatic rings. The minimum absolute atomic E-state index is 0.224. The molecule has 162 valence electrons. The Balaban J connectivity index is 1.50. The topological polar surface area (TPSA) is 102 Å². The van der Waals surface area contributed by atoms with Gasteiger partial charge in [-0.1, -0.05) is 18.9 Å². The number of aryl methyl sites for hydroxylation is 1. The number of aliphatic hydroxyl groups excluding tert-OH is 1. The lowest BCUT2D eigenvalue weighted by atomic mass is 9.92. The Hall–Kier alpha value is -3.26. The SMILES string of the molecule is COc1cnc(C(=O)NC2CCCCC2O)cc1Cc1ccc(-c2cnn(C)c2)nc1. The van der Waals surface area contributed by atoms with E-state index in [4.69, 9.17) is 4.74 Å². The Morgan fingerprint density at radius 3 is 2.74 bits per heavy atom. The van der Waals surface area contributed by atoms with Gasteiger partial charge in [-0.2, -0.15) is 5.10 Å². The van der Waals surface area contributed by atoms with Gasteiger partial charge >= 0.3 is 0 Å². The molecular formula is C23H27N5O3. The molecular weight excluding hydrogens is 394 g/mol. The first-order valence-electron chi connectivity index (χ1n) is 10.5. The van der Waals surface area contributed by atoms with Gasteiger partial charge in [-0.15, -0.1) is 0 Å². The van der Waals surface area contributed by atoms with Crippen molar-refractivity contribution >= 4 is 5.91 Å². The first kappa shape index (κ1) is 21.0. The number of hydrogen-bond acceptors (Lipinski definition) is 6. The number of hydrogen-bond donors (Lipinski definition) is 2. The number of ether oxygens (including phenoxy) is 1. The molecule has 3 heterocycles. The second kappa shape index (κ2) is 9.26. The van der Waals surface area contributed by atoms with Crippen LogP contribution in [0.25, 0.3) is 11.3 Å². The van der Waals surface area contributed by atoms with Crippen LogP contribution in [-0.2, 0) is 13.5 Å². The summed E-state index contributed by atoms with van der Waals surface area (Å²) in [5.41, 5.74) is 3.96. The molecule has 3 aromatic rings. The van der Waals surface area contributed by atoms with E-state index in [1.54, 1.807) is 30.3 Å². The van der Waals surface area contributed by atoms with Gasteiger partial charge < -0.3 is 15.2 Å². The zero-order chi connectivity index (χ0) is 21.8. The highest BCUT2D eigenvalue weighted by Gasteiger charge is 2.25. The summed E-state index contributed by atoms with van der Waals surface area (Å²) in [5.74, 6) is 0.338. The van der Waals surface area contributed by atoms with Crippen LogP contribution in [0.2, 0.25) is 0 Å². The third-order valence-corrected chi connectivity index (χ3v) is 5.67. The summed E-state index contributed by atoms with van der Waals surface area (Å²) in [7, 11) is 3.46. The maximum atomic E-state index is 12.7. The van der Waals surface area contributed by atoms with Gasteiger partial charge in [0.05, 0.1) is 37.3 Å². The molecule has 3 aromatic heterocycles. The van der Waals surface area contributed by atoms with E-state index in [0.717, 1.165) is 41.6 Å². The zero-order valence-corrected chi connectivity index (χ0v) is 17.8. The Bertz CT molecular complexity index is 1050. The number of carbonyl (C=O) groups excluding carboxylic acids is 1. The first-order valence-corrected chi connectivity index (χ1v) is 10.5. The summed E-state index contributed by atoms with van der Waals surface area (Å²) < 4.78 is 7.19. The van der Waals surface area contributed by atoms with Crippen LogP contribution in [0.1, 0.15) is 47.3 Å². The van der Waals surface area contributed by atoms with Crippen LogP contribution in [0.15, 0.2) is 43.0 Å². The lowest BCUT2D eigenvalue weighted by Crippen LogP contribution is -2.45. The third kappa shape index (κ3) is 4.91. The summed E-state index contributed by atoms with van der Waals surface area (Å²) in [6, 6.07) is 5.49. The van der Waals surface area contributed by atoms with E-state index >= 15 is 0 Å². The molecule has 0 aliphatic heterocycles. The van der Waals surface area contributed by atoms with Gasteiger partial charge in [0.25, 0.3) is 5.91 Å². The van der Waals surface area contributed by atoms with Crippen molar-refractivity contribution in [3.05, 3.63) is 59.8 Å². The van der Waals surface area contributed by atoms with E-state index in [1.807, 2.05) is 31.6 Å². The van der Waals surface area contributed by atoms with Gasteiger partial charge in [-0.25, -0.2) is 4.98 Å². The average molecular weight is 422 g/mol. The van der Waals surface area contributed by atoms with Crippen molar-refractivity contribution in [2.45, 2.75) is 44.2 Å². The Morgan fingerprint density at radius 1 is 1.23 bits per heavy atom. The van der Waals surface area contributed by atoms with Crippen LogP contribution in [0.5, 0.6) is 5.75 Å². The standard InChI is InChI=1S/C23H27N5O3/c1-28-14-17(12-26-28)18-8-7-15(11-24-18)9-16-10-20(25-13-22(16)31-2)23(30)27-19-5-3-4-6-21(19)29/h7-8,10-14,19,21,29H,3-6,9H2,1-2H3,(H,27,30). The number of rotatable bonds is 6. The van der Waals surface area contributed by atoms with Gasteiger partial charge in [0.15, 0.2) is 0 Å². The number of aromatic nitrogens is 4. The molecule has 2 atom stereocenters. The molecule has 8 nitrogen and oxygen atoms in total. The molecule has 4 rings (SSSR count). The normalized spacial score (nSPS) is 18.5. The van der Waals surface area contributed by atoms with Crippen molar-refractivity contribution in [1.29, 1.82) is 0 Å². The number of pyridine rings is 2. The van der Waals surface area contributed by atoms with Crippen LogP contribution in [0, 0.1) is 0 Å². The Morgan fingerprint density at radius 2 is 2.06 bits per heavy atom. The van der Waals surface area contributed by atoms with Crippen molar-refractivity contribution in [3.63, 3.8) is 0 Å². The van der Waals surface area contributed by atoms with E-state index in [-0.39, 0.29) is 11.9 Å². The Labute approximate surface area is 181 Å². The van der Waals surface area contributed by atoms with E-state index in [2.05, 4.69) is 20.4 Å². The number of nitrogens with zero attached hydrogens (tertiary/aromatic N) is 4. The molecule has 8 heteroatoms. The number of nitrogens with one attached hydrogen (secondary N) is 1. The van der Waals surface area contributed by atoms with E-state index in [9.17, 15) is 9.90 Å². The summed E-state index contributed by atoms with van der Waals surface area (Å²) >= 11 is 0. The lowest BCUT2D eigenvalue weighted by Gasteiger charge is -2.28. The number of aliphatic hydroxyl groups is 1. The zero-order valence-electron chi connectivity index (χ0n) is 17.8. The quantitative estimate of drug-likeness (QED) is 0.634. The van der Waals surface area contributed by atoms with Gasteiger partial charge in [0, 0.05) is 37.0 Å². The highest BCUT2D eigenvalue weighted by atomic mass is 16.5. The molecule has 1 amide bonds. The molecule has 2 N–H and O–H groups in total. The molecule has 0 saturated heterocycles. The lowest BCUT2D eigenvalue weighted by molar-refractivity contribution is 0.0713. The summed E-state index contributed by atoms with van der Waals surface area (Å²) in [6.45, 7) is 0. The van der Waals surface area contributed by atoms with Gasteiger partial charge in [0.2, 0.25) is 0 Å². The van der Waals surface area contributed by atoms with Crippen LogP contribution >= 0.6 is 0 Å². The molecule has 0 spiro atoms. The fourth-order valence-electron chi connectivity index (χ4n) is 3.93. The summed E-state index contributed by atoms with van der Waals surface area (Å²) in [5, 5.41) is 17.2. The predicted octanol–water partition coefficient (Wildman–Crippen LogP) is 2.51. The van der Waals surface area contributed by atoms with Crippen molar-refractivity contribution in [1.82, 2.24) is 25.1 Å². The maximum absolute atomic E-state index is 12.7. The van der Waals surface area contributed by atoms with Crippen molar-refractivity contribution < 1.29 is 14.6 Å². The fraction of sp³-hybridized carbons (Fsp3) is 0.391. The fourth-order valence-corrected chi connectivity index (χ4v) is 3.93. The van der Waals surface area contributed by atoms with Crippen molar-refractivity contribution in [3.8, 4) is 17.0 Å². The predicted molar refractivity (Wildman–Crippen MR) is 116 cm³/mol. The van der Waals surface area contributed by atoms with Crippen LogP contribution in [0.4, 0.5) is 0 Å². The Kier molecular flexibility index (Phi) is 6.27. The van der Waals surface area contributed by atoms with Crippen LogP contribution in [-0.4, -0.2) is 50.0 Å². The monoisotopic (exact) mass is 421 g/mol. The maximum Gasteiger partial charge on any atom is 0.270 e. The second-order valence-corrected chi connectivity index (χ2v) is 7.94. The number of carbonyl (C=O) groups is 1. The number of methoxy groups -OCH3 is 1. The minimum atomic E-state index is -0.500. The van der Waals surface area contributed by atoms with E-state index in [1.165, 1.54) is 0 Å². The van der Waals surface area contributed by atoms with Crippen LogP contribution in [0.3, 0.4) is 0 Å².